The first-order chi connectivity index (χ1) is 9.72. The van der Waals surface area contributed by atoms with E-state index in [1.807, 2.05) is 18.2 Å². The summed E-state index contributed by atoms with van der Waals surface area (Å²) >= 11 is 4.91. The number of quaternary nitrogens is 1. The summed E-state index contributed by atoms with van der Waals surface area (Å²) in [6.07, 6.45) is 3.42. The lowest BCUT2D eigenvalue weighted by molar-refractivity contribution is -0.993. The molecule has 1 unspecified atom stereocenters. The molecule has 1 atom stereocenters. The summed E-state index contributed by atoms with van der Waals surface area (Å²) in [4.78, 5) is 14.1. The molecule has 102 valence electrons. The molecule has 7 heteroatoms. The third-order valence-corrected chi connectivity index (χ3v) is 4.16. The first kappa shape index (κ1) is 13.7. The summed E-state index contributed by atoms with van der Waals surface area (Å²) in [6, 6.07) is 10.2. The van der Waals surface area contributed by atoms with Gasteiger partial charge in [0.05, 0.1) is 7.11 Å². The fourth-order valence-corrected chi connectivity index (χ4v) is 3.05. The average molecular weight is 352 g/mol. The highest BCUT2D eigenvalue weighted by molar-refractivity contribution is 9.11. The van der Waals surface area contributed by atoms with Crippen LogP contribution in [0.15, 0.2) is 56.2 Å². The van der Waals surface area contributed by atoms with E-state index < -0.39 is 0 Å². The van der Waals surface area contributed by atoms with Crippen LogP contribution in [0.3, 0.4) is 0 Å². The lowest BCUT2D eigenvalue weighted by Crippen LogP contribution is -2.42. The molecule has 1 aromatic rings. The van der Waals surface area contributed by atoms with Gasteiger partial charge in [-0.1, -0.05) is 42.1 Å². The first-order valence-corrected chi connectivity index (χ1v) is 7.73. The molecule has 3 rings (SSSR count). The van der Waals surface area contributed by atoms with E-state index in [9.17, 15) is 0 Å². The van der Waals surface area contributed by atoms with Gasteiger partial charge in [-0.15, -0.1) is 0 Å². The maximum atomic E-state index is 5.46. The van der Waals surface area contributed by atoms with Crippen molar-refractivity contribution in [3.8, 4) is 0 Å². The largest absolute Gasteiger partial charge is 0.314 e. The second-order valence-electron chi connectivity index (χ2n) is 4.14. The first-order valence-electron chi connectivity index (χ1n) is 5.95. The van der Waals surface area contributed by atoms with Gasteiger partial charge in [0.25, 0.3) is 5.17 Å². The van der Waals surface area contributed by atoms with Gasteiger partial charge in [-0.2, -0.15) is 9.83 Å². The minimum Gasteiger partial charge on any atom is -0.235 e. The van der Waals surface area contributed by atoms with Crippen molar-refractivity contribution in [1.82, 2.24) is 0 Å². The van der Waals surface area contributed by atoms with Gasteiger partial charge in [-0.05, 0) is 26.6 Å². The van der Waals surface area contributed by atoms with Crippen LogP contribution in [0.2, 0.25) is 0 Å². The molecule has 0 aliphatic carbocycles. The molecule has 2 aliphatic heterocycles. The summed E-state index contributed by atoms with van der Waals surface area (Å²) in [7, 11) is 1.60. The van der Waals surface area contributed by atoms with Gasteiger partial charge in [0.15, 0.2) is 10.8 Å². The van der Waals surface area contributed by atoms with Crippen LogP contribution < -0.4 is 0 Å². The number of hydrogen-bond donors (Lipinski definition) is 0. The predicted octanol–water partition coefficient (Wildman–Crippen LogP) is 3.26. The van der Waals surface area contributed by atoms with Crippen molar-refractivity contribution >= 4 is 44.9 Å². The van der Waals surface area contributed by atoms with E-state index in [-0.39, 0.29) is 4.76 Å². The van der Waals surface area contributed by atoms with Crippen LogP contribution in [0.1, 0.15) is 5.56 Å². The van der Waals surface area contributed by atoms with Crippen molar-refractivity contribution < 1.29 is 9.59 Å². The summed E-state index contributed by atoms with van der Waals surface area (Å²) < 4.78 is 0.581. The molecule has 0 saturated carbocycles. The Labute approximate surface area is 129 Å². The van der Waals surface area contributed by atoms with Crippen molar-refractivity contribution in [2.75, 3.05) is 7.11 Å². The van der Waals surface area contributed by atoms with E-state index in [0.717, 1.165) is 5.75 Å². The molecule has 0 amide bonds. The van der Waals surface area contributed by atoms with E-state index in [1.54, 1.807) is 31.3 Å². The van der Waals surface area contributed by atoms with Gasteiger partial charge in [-0.25, -0.2) is 4.99 Å². The maximum absolute atomic E-state index is 5.46. The van der Waals surface area contributed by atoms with E-state index in [4.69, 9.17) is 4.84 Å². The fourth-order valence-electron chi connectivity index (χ4n) is 1.84. The van der Waals surface area contributed by atoms with Crippen LogP contribution >= 0.6 is 27.7 Å². The normalized spacial score (nSPS) is 24.0. The maximum Gasteiger partial charge on any atom is 0.314 e. The summed E-state index contributed by atoms with van der Waals surface area (Å²) in [5, 5.41) is 5.21. The number of benzene rings is 1. The number of aliphatic imine (C=N–C) groups is 2. The molecule has 0 fully saturated rings. The Bertz CT molecular complexity index is 641. The lowest BCUT2D eigenvalue weighted by Gasteiger charge is -2.19. The Morgan fingerprint density at radius 1 is 1.30 bits per heavy atom. The average Bonchev–Trinajstić information content (AvgIpc) is 2.84. The van der Waals surface area contributed by atoms with Crippen LogP contribution in [0.25, 0.3) is 0 Å². The molecule has 0 radical (unpaired) electrons. The number of hydrogen-bond acceptors (Lipinski definition) is 5. The lowest BCUT2D eigenvalue weighted by atomic mass is 10.2. The predicted molar refractivity (Wildman–Crippen MR) is 85.4 cm³/mol. The topological polar surface area (TPSA) is 46.3 Å². The third-order valence-electron chi connectivity index (χ3n) is 2.85. The Morgan fingerprint density at radius 2 is 2.10 bits per heavy atom. The van der Waals surface area contributed by atoms with Crippen molar-refractivity contribution in [3.05, 3.63) is 46.7 Å². The Morgan fingerprint density at radius 3 is 2.85 bits per heavy atom. The quantitative estimate of drug-likeness (QED) is 0.619. The standard InChI is InChI=1S/C13H12BrN4OS/c1-19-18-8-11(14)15-7-12(18)16-13(17-18)20-9-10-5-3-2-4-6-10/h2-8H,9H2,1H3/q+1. The highest BCUT2D eigenvalue weighted by atomic mass is 79.9. The Balaban J connectivity index is 1.78. The van der Waals surface area contributed by atoms with Crippen LogP contribution in [0.4, 0.5) is 0 Å². The molecule has 0 bridgehead atoms. The van der Waals surface area contributed by atoms with Crippen molar-refractivity contribution in [3.63, 3.8) is 0 Å². The zero-order chi connectivity index (χ0) is 14.0. The second-order valence-corrected chi connectivity index (χ2v) is 5.90. The number of fused-ring (bicyclic) bond motifs is 1. The van der Waals surface area contributed by atoms with Crippen LogP contribution in [0, 0.1) is 0 Å². The van der Waals surface area contributed by atoms with E-state index >= 15 is 0 Å². The Hall–Kier alpha value is -1.28. The van der Waals surface area contributed by atoms with E-state index in [1.165, 1.54) is 5.56 Å². The molecular formula is C13H12BrN4OS+. The highest BCUT2D eigenvalue weighted by Gasteiger charge is 2.43. The molecule has 1 aromatic carbocycles. The molecule has 2 aliphatic rings. The van der Waals surface area contributed by atoms with E-state index in [0.29, 0.717) is 15.6 Å². The molecule has 0 saturated heterocycles. The van der Waals surface area contributed by atoms with Crippen molar-refractivity contribution in [2.45, 2.75) is 5.75 Å². The summed E-state index contributed by atoms with van der Waals surface area (Å²) in [5.41, 5.74) is 1.24. The monoisotopic (exact) mass is 351 g/mol. The second kappa shape index (κ2) is 5.61. The van der Waals surface area contributed by atoms with Crippen LogP contribution in [0.5, 0.6) is 0 Å². The van der Waals surface area contributed by atoms with Crippen molar-refractivity contribution in [2.24, 2.45) is 15.1 Å². The number of rotatable bonds is 3. The van der Waals surface area contributed by atoms with Crippen molar-refractivity contribution in [1.29, 1.82) is 0 Å². The zero-order valence-corrected chi connectivity index (χ0v) is 13.1. The fraction of sp³-hybridized carbons (Fsp3) is 0.154. The van der Waals surface area contributed by atoms with Gasteiger partial charge in [0, 0.05) is 10.5 Å². The number of amidine groups is 2. The summed E-state index contributed by atoms with van der Waals surface area (Å²) in [6.45, 7) is 0. The third kappa shape index (κ3) is 2.62. The molecule has 0 spiro atoms. The highest BCUT2D eigenvalue weighted by Crippen LogP contribution is 2.29. The zero-order valence-electron chi connectivity index (χ0n) is 10.7. The van der Waals surface area contributed by atoms with Gasteiger partial charge in [0.2, 0.25) is 0 Å². The number of nitrogens with zero attached hydrogens (tertiary/aromatic N) is 4. The molecule has 2 heterocycles. The van der Waals surface area contributed by atoms with Gasteiger partial charge in [0.1, 0.15) is 6.21 Å². The minimum atomic E-state index is -0.0960. The van der Waals surface area contributed by atoms with Gasteiger partial charge < -0.3 is 0 Å². The smallest absolute Gasteiger partial charge is 0.235 e. The Kier molecular flexibility index (Phi) is 3.84. The minimum absolute atomic E-state index is 0.0960. The van der Waals surface area contributed by atoms with Crippen LogP contribution in [-0.2, 0) is 10.6 Å². The van der Waals surface area contributed by atoms with Gasteiger partial charge >= 0.3 is 5.84 Å². The number of hydroxylamine groups is 2. The molecule has 20 heavy (non-hydrogen) atoms. The molecular weight excluding hydrogens is 340 g/mol. The molecule has 0 N–H and O–H groups in total. The molecule has 5 nitrogen and oxygen atoms in total. The number of halogens is 1. The van der Waals surface area contributed by atoms with E-state index in [2.05, 4.69) is 43.1 Å². The van der Waals surface area contributed by atoms with Gasteiger partial charge in [-0.3, -0.25) is 0 Å². The summed E-state index contributed by atoms with van der Waals surface area (Å²) in [5.74, 6) is 1.48. The van der Waals surface area contributed by atoms with Crippen LogP contribution in [-0.4, -0.2) is 29.1 Å². The molecule has 0 aromatic heterocycles. The number of thioether (sulfide) groups is 1. The SMILES string of the molecule is CO[N+]12C=C(Br)N=CC1=NC(SCc1ccccc1)=N2.